The molecule has 0 amide bonds. The molecule has 1 atom stereocenters. The predicted molar refractivity (Wildman–Crippen MR) is 88.3 cm³/mol. The summed E-state index contributed by atoms with van der Waals surface area (Å²) in [6, 6.07) is 7.58. The number of hydrogen-bond donors (Lipinski definition) is 1. The molecule has 0 aliphatic rings. The van der Waals surface area contributed by atoms with E-state index in [0.717, 1.165) is 4.88 Å². The maximum Gasteiger partial charge on any atom is 0.147 e. The standard InChI is InChI=1S/C15H13ClO3S2/c1-18-9-4-3-8(15(19-2)13(9)16)14(17)12-7-11-10(21-12)5-6-20-11/h3-7,14,17H,1-2H3. The van der Waals surface area contributed by atoms with Crippen LogP contribution in [0.25, 0.3) is 9.40 Å². The molecule has 3 aromatic rings. The Morgan fingerprint density at radius 1 is 1.14 bits per heavy atom. The van der Waals surface area contributed by atoms with Gasteiger partial charge in [0.15, 0.2) is 0 Å². The molecule has 0 aliphatic heterocycles. The summed E-state index contributed by atoms with van der Waals surface area (Å²) in [5.74, 6) is 0.969. The third kappa shape index (κ3) is 2.51. The smallest absolute Gasteiger partial charge is 0.147 e. The number of thiophene rings is 2. The van der Waals surface area contributed by atoms with Gasteiger partial charge < -0.3 is 14.6 Å². The highest BCUT2D eigenvalue weighted by Crippen LogP contribution is 2.43. The molecule has 3 rings (SSSR count). The number of aliphatic hydroxyl groups excluding tert-OH is 1. The first-order valence-corrected chi connectivity index (χ1v) is 8.28. The lowest BCUT2D eigenvalue weighted by atomic mass is 10.1. The van der Waals surface area contributed by atoms with Crippen molar-refractivity contribution in [2.24, 2.45) is 0 Å². The summed E-state index contributed by atoms with van der Waals surface area (Å²) in [6.45, 7) is 0. The zero-order chi connectivity index (χ0) is 15.0. The highest BCUT2D eigenvalue weighted by Gasteiger charge is 2.22. The van der Waals surface area contributed by atoms with Crippen LogP contribution in [0.2, 0.25) is 5.02 Å². The lowest BCUT2D eigenvalue weighted by Gasteiger charge is -2.16. The molecule has 1 aromatic carbocycles. The van der Waals surface area contributed by atoms with Gasteiger partial charge in [-0.1, -0.05) is 11.6 Å². The fourth-order valence-electron chi connectivity index (χ4n) is 2.21. The lowest BCUT2D eigenvalue weighted by molar-refractivity contribution is 0.218. The molecule has 21 heavy (non-hydrogen) atoms. The fourth-order valence-corrected chi connectivity index (χ4v) is 4.66. The third-order valence-electron chi connectivity index (χ3n) is 3.24. The average Bonchev–Trinajstić information content (AvgIpc) is 3.07. The lowest BCUT2D eigenvalue weighted by Crippen LogP contribution is -2.02. The van der Waals surface area contributed by atoms with Crippen molar-refractivity contribution in [1.82, 2.24) is 0 Å². The van der Waals surface area contributed by atoms with Gasteiger partial charge in [0.05, 0.1) is 14.2 Å². The predicted octanol–water partition coefficient (Wildman–Crippen LogP) is 4.72. The zero-order valence-electron chi connectivity index (χ0n) is 11.4. The molecule has 3 nitrogen and oxygen atoms in total. The van der Waals surface area contributed by atoms with Crippen molar-refractivity contribution in [3.8, 4) is 11.5 Å². The SMILES string of the molecule is COc1ccc(C(O)c2cc3sccc3s2)c(OC)c1Cl. The second kappa shape index (κ2) is 5.85. The van der Waals surface area contributed by atoms with Crippen molar-refractivity contribution in [2.45, 2.75) is 6.10 Å². The molecule has 2 aromatic heterocycles. The van der Waals surface area contributed by atoms with Crippen LogP contribution in [-0.4, -0.2) is 19.3 Å². The second-order valence-electron chi connectivity index (χ2n) is 4.40. The van der Waals surface area contributed by atoms with Crippen LogP contribution in [0.5, 0.6) is 11.5 Å². The third-order valence-corrected chi connectivity index (χ3v) is 5.74. The summed E-state index contributed by atoms with van der Waals surface area (Å²) >= 11 is 9.48. The maximum absolute atomic E-state index is 10.6. The molecule has 1 unspecified atom stereocenters. The van der Waals surface area contributed by atoms with E-state index in [0.29, 0.717) is 22.1 Å². The van der Waals surface area contributed by atoms with Crippen molar-refractivity contribution >= 4 is 43.7 Å². The molecule has 0 radical (unpaired) electrons. The van der Waals surface area contributed by atoms with Crippen LogP contribution < -0.4 is 9.47 Å². The first-order chi connectivity index (χ1) is 10.2. The van der Waals surface area contributed by atoms with E-state index in [9.17, 15) is 5.11 Å². The number of rotatable bonds is 4. The molecule has 110 valence electrons. The number of methoxy groups -OCH3 is 2. The van der Waals surface area contributed by atoms with Crippen LogP contribution >= 0.6 is 34.3 Å². The minimum atomic E-state index is -0.770. The van der Waals surface area contributed by atoms with E-state index in [4.69, 9.17) is 21.1 Å². The van der Waals surface area contributed by atoms with Gasteiger partial charge in [0.2, 0.25) is 0 Å². The fraction of sp³-hybridized carbons (Fsp3) is 0.200. The monoisotopic (exact) mass is 340 g/mol. The minimum absolute atomic E-state index is 0.370. The molecule has 1 N–H and O–H groups in total. The molecule has 0 saturated heterocycles. The number of fused-ring (bicyclic) bond motifs is 1. The Bertz CT molecular complexity index is 750. The Hall–Kier alpha value is -1.27. The Kier molecular flexibility index (Phi) is 4.08. The zero-order valence-corrected chi connectivity index (χ0v) is 13.8. The van der Waals surface area contributed by atoms with Gasteiger partial charge in [-0.3, -0.25) is 0 Å². The number of benzene rings is 1. The number of ether oxygens (including phenoxy) is 2. The summed E-state index contributed by atoms with van der Waals surface area (Å²) in [4.78, 5) is 0.872. The summed E-state index contributed by atoms with van der Waals surface area (Å²) in [5.41, 5.74) is 0.636. The van der Waals surface area contributed by atoms with E-state index >= 15 is 0 Å². The van der Waals surface area contributed by atoms with Gasteiger partial charge in [0.25, 0.3) is 0 Å². The normalized spacial score (nSPS) is 12.6. The van der Waals surface area contributed by atoms with E-state index in [1.54, 1.807) is 41.9 Å². The topological polar surface area (TPSA) is 38.7 Å². The molecular weight excluding hydrogens is 328 g/mol. The minimum Gasteiger partial charge on any atom is -0.495 e. The largest absolute Gasteiger partial charge is 0.495 e. The van der Waals surface area contributed by atoms with E-state index in [2.05, 4.69) is 6.07 Å². The molecule has 0 aliphatic carbocycles. The van der Waals surface area contributed by atoms with Gasteiger partial charge in [-0.25, -0.2) is 0 Å². The number of aliphatic hydroxyl groups is 1. The Labute approximate surface area is 135 Å². The van der Waals surface area contributed by atoms with E-state index < -0.39 is 6.10 Å². The number of hydrogen-bond acceptors (Lipinski definition) is 5. The van der Waals surface area contributed by atoms with Gasteiger partial charge in [0, 0.05) is 19.8 Å². The summed E-state index contributed by atoms with van der Waals surface area (Å²) in [5, 5.41) is 13.1. The quantitative estimate of drug-likeness (QED) is 0.747. The van der Waals surface area contributed by atoms with Crippen LogP contribution in [0.15, 0.2) is 29.6 Å². The summed E-state index contributed by atoms with van der Waals surface area (Å²) in [6.07, 6.45) is -0.770. The maximum atomic E-state index is 10.6. The molecule has 0 fully saturated rings. The van der Waals surface area contributed by atoms with Crippen LogP contribution in [-0.2, 0) is 0 Å². The Balaban J connectivity index is 2.06. The van der Waals surface area contributed by atoms with Gasteiger partial charge in [-0.2, -0.15) is 0 Å². The van der Waals surface area contributed by atoms with E-state index in [1.165, 1.54) is 16.5 Å². The Morgan fingerprint density at radius 3 is 2.62 bits per heavy atom. The first-order valence-electron chi connectivity index (χ1n) is 6.21. The van der Waals surface area contributed by atoms with Crippen LogP contribution in [0, 0.1) is 0 Å². The van der Waals surface area contributed by atoms with Gasteiger partial charge in [0.1, 0.15) is 22.6 Å². The van der Waals surface area contributed by atoms with Crippen molar-refractivity contribution in [2.75, 3.05) is 14.2 Å². The summed E-state index contributed by atoms with van der Waals surface area (Å²) < 4.78 is 12.9. The number of halogens is 1. The van der Waals surface area contributed by atoms with Crippen molar-refractivity contribution < 1.29 is 14.6 Å². The highest BCUT2D eigenvalue weighted by molar-refractivity contribution is 7.26. The van der Waals surface area contributed by atoms with Gasteiger partial charge >= 0.3 is 0 Å². The average molecular weight is 341 g/mol. The molecule has 2 heterocycles. The molecular formula is C15H13ClO3S2. The van der Waals surface area contributed by atoms with Crippen LogP contribution in [0.1, 0.15) is 16.5 Å². The van der Waals surface area contributed by atoms with Crippen LogP contribution in [0.3, 0.4) is 0 Å². The van der Waals surface area contributed by atoms with Crippen molar-refractivity contribution in [3.63, 3.8) is 0 Å². The molecule has 0 saturated carbocycles. The van der Waals surface area contributed by atoms with Crippen molar-refractivity contribution in [3.05, 3.63) is 45.1 Å². The molecule has 6 heteroatoms. The van der Waals surface area contributed by atoms with Crippen molar-refractivity contribution in [1.29, 1.82) is 0 Å². The first kappa shape index (κ1) is 14.7. The van der Waals surface area contributed by atoms with E-state index in [1.807, 2.05) is 11.4 Å². The van der Waals surface area contributed by atoms with Gasteiger partial charge in [-0.05, 0) is 29.6 Å². The second-order valence-corrected chi connectivity index (χ2v) is 6.85. The Morgan fingerprint density at radius 2 is 1.95 bits per heavy atom. The van der Waals surface area contributed by atoms with E-state index in [-0.39, 0.29) is 0 Å². The molecule has 0 bridgehead atoms. The highest BCUT2D eigenvalue weighted by atomic mass is 35.5. The van der Waals surface area contributed by atoms with Crippen LogP contribution in [0.4, 0.5) is 0 Å². The molecule has 0 spiro atoms. The van der Waals surface area contributed by atoms with Gasteiger partial charge in [-0.15, -0.1) is 22.7 Å². The summed E-state index contributed by atoms with van der Waals surface area (Å²) in [7, 11) is 3.08.